The van der Waals surface area contributed by atoms with Gasteiger partial charge in [-0.25, -0.2) is 0 Å². The van der Waals surface area contributed by atoms with Gasteiger partial charge < -0.3 is 5.11 Å². The van der Waals surface area contributed by atoms with Gasteiger partial charge in [-0.05, 0) is 31.6 Å². The predicted octanol–water partition coefficient (Wildman–Crippen LogP) is 2.14. The van der Waals surface area contributed by atoms with Crippen molar-refractivity contribution in [3.63, 3.8) is 0 Å². The number of hydrogen-bond acceptors (Lipinski definition) is 1. The van der Waals surface area contributed by atoms with Crippen LogP contribution in [0.1, 0.15) is 19.8 Å². The molecular formula is C10H16O. The molecule has 0 heterocycles. The fourth-order valence-corrected chi connectivity index (χ4v) is 1.58. The van der Waals surface area contributed by atoms with E-state index in [1.165, 1.54) is 0 Å². The van der Waals surface area contributed by atoms with Crippen LogP contribution in [0, 0.1) is 11.8 Å². The topological polar surface area (TPSA) is 20.2 Å². The zero-order valence-electron chi connectivity index (χ0n) is 7.03. The van der Waals surface area contributed by atoms with Crippen molar-refractivity contribution in [2.24, 2.45) is 11.8 Å². The molecule has 0 aliphatic heterocycles. The van der Waals surface area contributed by atoms with E-state index in [-0.39, 0.29) is 0 Å². The number of rotatable bonds is 2. The monoisotopic (exact) mass is 152 g/mol. The summed E-state index contributed by atoms with van der Waals surface area (Å²) in [6.07, 6.45) is 10.8. The van der Waals surface area contributed by atoms with E-state index < -0.39 is 0 Å². The highest BCUT2D eigenvalue weighted by Crippen LogP contribution is 2.25. The van der Waals surface area contributed by atoms with Gasteiger partial charge in [0, 0.05) is 6.61 Å². The lowest BCUT2D eigenvalue weighted by molar-refractivity contribution is 0.191. The summed E-state index contributed by atoms with van der Waals surface area (Å²) in [4.78, 5) is 0. The second-order valence-electron chi connectivity index (χ2n) is 3.08. The fourth-order valence-electron chi connectivity index (χ4n) is 1.58. The Bertz CT molecular complexity index is 158. The van der Waals surface area contributed by atoms with Crippen molar-refractivity contribution in [3.8, 4) is 0 Å². The first-order chi connectivity index (χ1) is 5.38. The van der Waals surface area contributed by atoms with Crippen LogP contribution in [-0.2, 0) is 0 Å². The van der Waals surface area contributed by atoms with Crippen LogP contribution in [0.4, 0.5) is 0 Å². The summed E-state index contributed by atoms with van der Waals surface area (Å²) < 4.78 is 0. The first kappa shape index (κ1) is 8.54. The van der Waals surface area contributed by atoms with Gasteiger partial charge in [-0.15, -0.1) is 0 Å². The van der Waals surface area contributed by atoms with E-state index in [0.29, 0.717) is 18.4 Å². The van der Waals surface area contributed by atoms with Crippen molar-refractivity contribution in [1.29, 1.82) is 0 Å². The van der Waals surface area contributed by atoms with Gasteiger partial charge in [0.25, 0.3) is 0 Å². The first-order valence-corrected chi connectivity index (χ1v) is 4.27. The van der Waals surface area contributed by atoms with Crippen molar-refractivity contribution in [2.75, 3.05) is 6.61 Å². The summed E-state index contributed by atoms with van der Waals surface area (Å²) in [7, 11) is 0. The standard InChI is InChI=1S/C10H16O/c1-2-5-9-6-3-4-7-10(9)8-11/h2-5,9-11H,6-8H2,1H3/b5-2+/t9-,10+/m1/s1. The molecule has 2 atom stereocenters. The molecule has 1 aliphatic rings. The van der Waals surface area contributed by atoms with Gasteiger partial charge in [-0.2, -0.15) is 0 Å². The predicted molar refractivity (Wildman–Crippen MR) is 47.3 cm³/mol. The SMILES string of the molecule is C/C=C/[C@@H]1CC=CC[C@H]1CO. The zero-order valence-corrected chi connectivity index (χ0v) is 7.03. The Morgan fingerprint density at radius 2 is 2.18 bits per heavy atom. The molecule has 0 fully saturated rings. The van der Waals surface area contributed by atoms with Crippen LogP contribution in [0.5, 0.6) is 0 Å². The van der Waals surface area contributed by atoms with E-state index in [0.717, 1.165) is 12.8 Å². The maximum Gasteiger partial charge on any atom is 0.0467 e. The minimum atomic E-state index is 0.319. The van der Waals surface area contributed by atoms with Gasteiger partial charge in [0.2, 0.25) is 0 Å². The van der Waals surface area contributed by atoms with Crippen molar-refractivity contribution in [2.45, 2.75) is 19.8 Å². The largest absolute Gasteiger partial charge is 0.396 e. The van der Waals surface area contributed by atoms with Gasteiger partial charge in [-0.3, -0.25) is 0 Å². The average molecular weight is 152 g/mol. The van der Waals surface area contributed by atoms with Crippen LogP contribution in [-0.4, -0.2) is 11.7 Å². The Morgan fingerprint density at radius 3 is 2.82 bits per heavy atom. The second kappa shape index (κ2) is 4.35. The summed E-state index contributed by atoms with van der Waals surface area (Å²) >= 11 is 0. The maximum atomic E-state index is 9.02. The van der Waals surface area contributed by atoms with Gasteiger partial charge in [0.15, 0.2) is 0 Å². The molecule has 0 spiro atoms. The highest BCUT2D eigenvalue weighted by atomic mass is 16.3. The highest BCUT2D eigenvalue weighted by molar-refractivity contribution is 5.01. The average Bonchev–Trinajstić information content (AvgIpc) is 2.06. The number of aliphatic hydroxyl groups excluding tert-OH is 1. The Kier molecular flexibility index (Phi) is 3.37. The molecule has 1 nitrogen and oxygen atoms in total. The van der Waals surface area contributed by atoms with Crippen LogP contribution < -0.4 is 0 Å². The summed E-state index contributed by atoms with van der Waals surface area (Å²) in [5.74, 6) is 1.02. The number of aliphatic hydroxyl groups is 1. The molecule has 1 aliphatic carbocycles. The maximum absolute atomic E-state index is 9.02. The Balaban J connectivity index is 2.53. The van der Waals surface area contributed by atoms with E-state index >= 15 is 0 Å². The lowest BCUT2D eigenvalue weighted by Gasteiger charge is -2.23. The van der Waals surface area contributed by atoms with Crippen LogP contribution in [0.3, 0.4) is 0 Å². The first-order valence-electron chi connectivity index (χ1n) is 4.27. The van der Waals surface area contributed by atoms with Crippen molar-refractivity contribution < 1.29 is 5.11 Å². The van der Waals surface area contributed by atoms with Gasteiger partial charge in [0.1, 0.15) is 0 Å². The van der Waals surface area contributed by atoms with Crippen LogP contribution in [0.2, 0.25) is 0 Å². The molecule has 1 N–H and O–H groups in total. The molecule has 1 rings (SSSR count). The van der Waals surface area contributed by atoms with Gasteiger partial charge in [0.05, 0.1) is 0 Å². The van der Waals surface area contributed by atoms with Crippen LogP contribution in [0.25, 0.3) is 0 Å². The second-order valence-corrected chi connectivity index (χ2v) is 3.08. The molecule has 0 unspecified atom stereocenters. The molecule has 0 aromatic heterocycles. The van der Waals surface area contributed by atoms with E-state index in [1.807, 2.05) is 6.92 Å². The molecule has 0 aromatic rings. The molecule has 0 bridgehead atoms. The lowest BCUT2D eigenvalue weighted by Crippen LogP contribution is -2.18. The van der Waals surface area contributed by atoms with E-state index in [9.17, 15) is 0 Å². The minimum absolute atomic E-state index is 0.319. The summed E-state index contributed by atoms with van der Waals surface area (Å²) in [6.45, 7) is 2.35. The Hall–Kier alpha value is -0.560. The van der Waals surface area contributed by atoms with E-state index in [2.05, 4.69) is 24.3 Å². The van der Waals surface area contributed by atoms with E-state index in [4.69, 9.17) is 5.11 Å². The van der Waals surface area contributed by atoms with Gasteiger partial charge >= 0.3 is 0 Å². The summed E-state index contributed by atoms with van der Waals surface area (Å²) in [5.41, 5.74) is 0. The quantitative estimate of drug-likeness (QED) is 0.601. The molecule has 11 heavy (non-hydrogen) atoms. The Morgan fingerprint density at radius 1 is 1.45 bits per heavy atom. The number of hydrogen-bond donors (Lipinski definition) is 1. The summed E-state index contributed by atoms with van der Waals surface area (Å²) in [6, 6.07) is 0. The molecule has 1 heteroatoms. The summed E-state index contributed by atoms with van der Waals surface area (Å²) in [5, 5.41) is 9.02. The molecule has 62 valence electrons. The molecule has 0 aromatic carbocycles. The third-order valence-corrected chi connectivity index (χ3v) is 2.29. The molecule has 0 saturated heterocycles. The third kappa shape index (κ3) is 2.19. The minimum Gasteiger partial charge on any atom is -0.396 e. The van der Waals surface area contributed by atoms with Crippen LogP contribution >= 0.6 is 0 Å². The third-order valence-electron chi connectivity index (χ3n) is 2.29. The molecular weight excluding hydrogens is 136 g/mol. The zero-order chi connectivity index (χ0) is 8.10. The van der Waals surface area contributed by atoms with E-state index in [1.54, 1.807) is 0 Å². The molecule has 0 saturated carbocycles. The highest BCUT2D eigenvalue weighted by Gasteiger charge is 2.18. The smallest absolute Gasteiger partial charge is 0.0467 e. The molecule has 0 radical (unpaired) electrons. The lowest BCUT2D eigenvalue weighted by atomic mass is 9.83. The normalized spacial score (nSPS) is 31.5. The Labute approximate surface area is 68.4 Å². The van der Waals surface area contributed by atoms with Crippen LogP contribution in [0.15, 0.2) is 24.3 Å². The van der Waals surface area contributed by atoms with Crippen molar-refractivity contribution in [1.82, 2.24) is 0 Å². The van der Waals surface area contributed by atoms with Crippen molar-refractivity contribution >= 4 is 0 Å². The number of allylic oxidation sites excluding steroid dienone is 4. The molecule has 0 amide bonds. The fraction of sp³-hybridized carbons (Fsp3) is 0.600. The van der Waals surface area contributed by atoms with Gasteiger partial charge in [-0.1, -0.05) is 24.3 Å². The van der Waals surface area contributed by atoms with Crippen molar-refractivity contribution in [3.05, 3.63) is 24.3 Å².